The molecule has 0 radical (unpaired) electrons. The summed E-state index contributed by atoms with van der Waals surface area (Å²) in [7, 11) is 1.59. The first-order valence-electron chi connectivity index (χ1n) is 7.36. The van der Waals surface area contributed by atoms with Crippen molar-refractivity contribution >= 4 is 5.97 Å². The Bertz CT molecular complexity index is 710. The molecule has 0 fully saturated rings. The number of hydrogen-bond donors (Lipinski definition) is 0. The maximum absolute atomic E-state index is 12.2. The van der Waals surface area contributed by atoms with Gasteiger partial charge in [0, 0.05) is 5.56 Å². The molecule has 0 unspecified atom stereocenters. The minimum absolute atomic E-state index is 0.130. The first-order valence-corrected chi connectivity index (χ1v) is 7.36. The van der Waals surface area contributed by atoms with Gasteiger partial charge in [-0.3, -0.25) is 0 Å². The molecule has 0 saturated carbocycles. The SMILES string of the molecule is COc1ccc(C)cc1COC(=O)[C@H]1COc2ccccc2O1. The highest BCUT2D eigenvalue weighted by atomic mass is 16.6. The predicted molar refractivity (Wildman–Crippen MR) is 83.9 cm³/mol. The van der Waals surface area contributed by atoms with E-state index in [1.165, 1.54) is 0 Å². The molecule has 0 bridgehead atoms. The van der Waals surface area contributed by atoms with Crippen LogP contribution in [0.25, 0.3) is 0 Å². The van der Waals surface area contributed by atoms with E-state index in [-0.39, 0.29) is 13.2 Å². The summed E-state index contributed by atoms with van der Waals surface area (Å²) in [5, 5.41) is 0. The van der Waals surface area contributed by atoms with Gasteiger partial charge < -0.3 is 18.9 Å². The van der Waals surface area contributed by atoms with Crippen molar-refractivity contribution in [2.75, 3.05) is 13.7 Å². The fourth-order valence-corrected chi connectivity index (χ4v) is 2.40. The van der Waals surface area contributed by atoms with E-state index in [1.54, 1.807) is 19.2 Å². The van der Waals surface area contributed by atoms with Gasteiger partial charge in [-0.1, -0.05) is 23.8 Å². The lowest BCUT2D eigenvalue weighted by Crippen LogP contribution is -2.37. The van der Waals surface area contributed by atoms with E-state index in [9.17, 15) is 4.79 Å². The average Bonchev–Trinajstić information content (AvgIpc) is 2.59. The van der Waals surface area contributed by atoms with Crippen LogP contribution in [0.4, 0.5) is 0 Å². The molecule has 23 heavy (non-hydrogen) atoms. The standard InChI is InChI=1S/C18H18O5/c1-12-7-8-14(20-2)13(9-12)10-22-18(19)17-11-21-15-5-3-4-6-16(15)23-17/h3-9,17H,10-11H2,1-2H3/t17-/m1/s1. The number of methoxy groups -OCH3 is 1. The van der Waals surface area contributed by atoms with Crippen molar-refractivity contribution < 1.29 is 23.7 Å². The van der Waals surface area contributed by atoms with Gasteiger partial charge in [-0.05, 0) is 31.2 Å². The topological polar surface area (TPSA) is 54.0 Å². The van der Waals surface area contributed by atoms with E-state index in [0.717, 1.165) is 11.1 Å². The number of hydrogen-bond acceptors (Lipinski definition) is 5. The number of carbonyl (C=O) groups is 1. The van der Waals surface area contributed by atoms with Crippen molar-refractivity contribution in [3.8, 4) is 17.2 Å². The smallest absolute Gasteiger partial charge is 0.351 e. The van der Waals surface area contributed by atoms with Crippen molar-refractivity contribution in [3.63, 3.8) is 0 Å². The summed E-state index contributed by atoms with van der Waals surface area (Å²) in [4.78, 5) is 12.2. The van der Waals surface area contributed by atoms with E-state index in [0.29, 0.717) is 17.2 Å². The van der Waals surface area contributed by atoms with E-state index >= 15 is 0 Å². The van der Waals surface area contributed by atoms with Crippen LogP contribution in [0.1, 0.15) is 11.1 Å². The maximum Gasteiger partial charge on any atom is 0.351 e. The molecule has 5 nitrogen and oxygen atoms in total. The zero-order valence-electron chi connectivity index (χ0n) is 13.1. The van der Waals surface area contributed by atoms with E-state index < -0.39 is 12.1 Å². The Balaban J connectivity index is 1.64. The van der Waals surface area contributed by atoms with Gasteiger partial charge in [-0.25, -0.2) is 4.79 Å². The highest BCUT2D eigenvalue weighted by Gasteiger charge is 2.28. The predicted octanol–water partition coefficient (Wildman–Crippen LogP) is 2.89. The molecule has 0 aromatic heterocycles. The van der Waals surface area contributed by atoms with Crippen LogP contribution in [0.2, 0.25) is 0 Å². The van der Waals surface area contributed by atoms with Crippen molar-refractivity contribution in [2.45, 2.75) is 19.6 Å². The van der Waals surface area contributed by atoms with Gasteiger partial charge in [-0.2, -0.15) is 0 Å². The van der Waals surface area contributed by atoms with Gasteiger partial charge in [0.15, 0.2) is 11.5 Å². The molecule has 0 aliphatic carbocycles. The molecule has 2 aromatic carbocycles. The molecule has 1 atom stereocenters. The number of rotatable bonds is 4. The summed E-state index contributed by atoms with van der Waals surface area (Å²) in [6.45, 7) is 2.24. The Morgan fingerprint density at radius 2 is 2.00 bits per heavy atom. The second-order valence-corrected chi connectivity index (χ2v) is 5.29. The third-order valence-corrected chi connectivity index (χ3v) is 3.58. The number of esters is 1. The molecule has 2 aromatic rings. The molecular formula is C18H18O5. The summed E-state index contributed by atoms with van der Waals surface area (Å²) in [6.07, 6.45) is -0.763. The van der Waals surface area contributed by atoms with E-state index in [1.807, 2.05) is 37.3 Å². The monoisotopic (exact) mass is 314 g/mol. The number of carbonyl (C=O) groups excluding carboxylic acids is 1. The summed E-state index contributed by atoms with van der Waals surface area (Å²) >= 11 is 0. The lowest BCUT2D eigenvalue weighted by molar-refractivity contribution is -0.155. The molecule has 120 valence electrons. The summed E-state index contributed by atoms with van der Waals surface area (Å²) in [5.41, 5.74) is 1.89. The van der Waals surface area contributed by atoms with Crippen LogP contribution >= 0.6 is 0 Å². The minimum Gasteiger partial charge on any atom is -0.496 e. The van der Waals surface area contributed by atoms with Gasteiger partial charge in [0.05, 0.1) is 7.11 Å². The lowest BCUT2D eigenvalue weighted by Gasteiger charge is -2.25. The van der Waals surface area contributed by atoms with Gasteiger partial charge in [-0.15, -0.1) is 0 Å². The van der Waals surface area contributed by atoms with Crippen LogP contribution in [0.5, 0.6) is 17.2 Å². The largest absolute Gasteiger partial charge is 0.496 e. The summed E-state index contributed by atoms with van der Waals surface area (Å²) in [6, 6.07) is 13.0. The number of ether oxygens (including phenoxy) is 4. The molecule has 1 aliphatic heterocycles. The highest BCUT2D eigenvalue weighted by Crippen LogP contribution is 2.31. The number of benzene rings is 2. The third-order valence-electron chi connectivity index (χ3n) is 3.58. The van der Waals surface area contributed by atoms with Crippen LogP contribution in [-0.4, -0.2) is 25.8 Å². The molecule has 0 saturated heterocycles. The fourth-order valence-electron chi connectivity index (χ4n) is 2.40. The van der Waals surface area contributed by atoms with Gasteiger partial charge >= 0.3 is 5.97 Å². The van der Waals surface area contributed by atoms with E-state index in [2.05, 4.69) is 0 Å². The number of fused-ring (bicyclic) bond motifs is 1. The van der Waals surface area contributed by atoms with Crippen LogP contribution in [-0.2, 0) is 16.1 Å². The van der Waals surface area contributed by atoms with Gasteiger partial charge in [0.25, 0.3) is 0 Å². The van der Waals surface area contributed by atoms with Crippen molar-refractivity contribution in [1.29, 1.82) is 0 Å². The maximum atomic E-state index is 12.2. The molecule has 0 amide bonds. The Labute approximate surface area is 134 Å². The second kappa shape index (κ2) is 6.60. The Morgan fingerprint density at radius 3 is 2.78 bits per heavy atom. The fraction of sp³-hybridized carbons (Fsp3) is 0.278. The van der Waals surface area contributed by atoms with E-state index in [4.69, 9.17) is 18.9 Å². The molecule has 1 heterocycles. The first kappa shape index (κ1) is 15.2. The van der Waals surface area contributed by atoms with Gasteiger partial charge in [0.2, 0.25) is 6.10 Å². The Morgan fingerprint density at radius 1 is 1.22 bits per heavy atom. The van der Waals surface area contributed by atoms with Crippen molar-refractivity contribution in [3.05, 3.63) is 53.6 Å². The minimum atomic E-state index is -0.763. The summed E-state index contributed by atoms with van der Waals surface area (Å²) < 4.78 is 21.8. The molecule has 0 spiro atoms. The highest BCUT2D eigenvalue weighted by molar-refractivity contribution is 5.76. The number of para-hydroxylation sites is 2. The average molecular weight is 314 g/mol. The molecule has 5 heteroatoms. The normalized spacial score (nSPS) is 15.8. The third kappa shape index (κ3) is 3.39. The molecular weight excluding hydrogens is 296 g/mol. The van der Waals surface area contributed by atoms with Crippen LogP contribution in [0, 0.1) is 6.92 Å². The zero-order chi connectivity index (χ0) is 16.2. The Kier molecular flexibility index (Phi) is 4.37. The van der Waals surface area contributed by atoms with Crippen molar-refractivity contribution in [1.82, 2.24) is 0 Å². The molecule has 1 aliphatic rings. The number of aryl methyl sites for hydroxylation is 1. The Hall–Kier alpha value is -2.69. The van der Waals surface area contributed by atoms with Crippen LogP contribution in [0.15, 0.2) is 42.5 Å². The quantitative estimate of drug-likeness (QED) is 0.812. The lowest BCUT2D eigenvalue weighted by atomic mass is 10.1. The van der Waals surface area contributed by atoms with Crippen LogP contribution in [0.3, 0.4) is 0 Å². The molecule has 0 N–H and O–H groups in total. The van der Waals surface area contributed by atoms with Crippen molar-refractivity contribution in [2.24, 2.45) is 0 Å². The first-order chi connectivity index (χ1) is 11.2. The summed E-state index contributed by atoms with van der Waals surface area (Å²) in [5.74, 6) is 1.42. The van der Waals surface area contributed by atoms with Crippen LogP contribution < -0.4 is 14.2 Å². The second-order valence-electron chi connectivity index (χ2n) is 5.29. The zero-order valence-corrected chi connectivity index (χ0v) is 13.1. The van der Waals surface area contributed by atoms with Gasteiger partial charge in [0.1, 0.15) is 19.0 Å². The molecule has 3 rings (SSSR count).